The number of nitrogens with one attached hydrogen (secondary N) is 1. The first-order chi connectivity index (χ1) is 9.15. The lowest BCUT2D eigenvalue weighted by Gasteiger charge is -2.17. The van der Waals surface area contributed by atoms with E-state index in [1.807, 2.05) is 0 Å². The topological polar surface area (TPSA) is 68.0 Å². The maximum atomic E-state index is 12.2. The lowest BCUT2D eigenvalue weighted by atomic mass is 10.1. The molecule has 0 radical (unpaired) electrons. The Bertz CT molecular complexity index is 494. The van der Waals surface area contributed by atoms with Crippen molar-refractivity contribution in [1.29, 1.82) is 0 Å². The van der Waals surface area contributed by atoms with Gasteiger partial charge in [0.1, 0.15) is 10.7 Å². The molecule has 0 atom stereocenters. The number of nitrogens with zero attached hydrogens (tertiary/aromatic N) is 1. The quantitative estimate of drug-likeness (QED) is 0.802. The molecule has 0 aliphatic heterocycles. The summed E-state index contributed by atoms with van der Waals surface area (Å²) in [5.41, 5.74) is 6.63. The minimum absolute atomic E-state index is 0.0849. The van der Waals surface area contributed by atoms with E-state index in [-0.39, 0.29) is 5.91 Å². The van der Waals surface area contributed by atoms with Crippen LogP contribution in [0.25, 0.3) is 0 Å². The van der Waals surface area contributed by atoms with E-state index in [1.165, 1.54) is 25.7 Å². The molecule has 0 bridgehead atoms. The van der Waals surface area contributed by atoms with Gasteiger partial charge in [0.2, 0.25) is 0 Å². The summed E-state index contributed by atoms with van der Waals surface area (Å²) in [6.07, 6.45) is 6.54. The van der Waals surface area contributed by atoms with E-state index in [1.54, 1.807) is 18.3 Å². The van der Waals surface area contributed by atoms with Crippen molar-refractivity contribution in [2.45, 2.75) is 31.7 Å². The van der Waals surface area contributed by atoms with Gasteiger partial charge in [-0.05, 0) is 49.7 Å². The molecule has 0 unspecified atom stereocenters. The monoisotopic (exact) mass is 275 g/mol. The van der Waals surface area contributed by atoms with Gasteiger partial charge in [0.25, 0.3) is 5.91 Å². The third-order valence-electron chi connectivity index (χ3n) is 3.84. The zero-order valence-electron chi connectivity index (χ0n) is 10.6. The predicted molar refractivity (Wildman–Crippen MR) is 76.8 cm³/mol. The Balaban J connectivity index is 1.67. The molecule has 0 saturated heterocycles. The second-order valence-corrected chi connectivity index (χ2v) is 5.91. The number of hydrogen-bond acceptors (Lipinski definition) is 3. The van der Waals surface area contributed by atoms with Crippen LogP contribution in [0.4, 0.5) is 0 Å². The molecule has 2 saturated carbocycles. The number of pyridine rings is 1. The number of thiocarbonyl (C=S) groups is 1. The first-order valence-corrected chi connectivity index (χ1v) is 7.12. The molecule has 0 spiro atoms. The van der Waals surface area contributed by atoms with Crippen LogP contribution < -0.4 is 11.1 Å². The average molecular weight is 275 g/mol. The number of rotatable bonds is 5. The molecule has 1 amide bonds. The normalized spacial score (nSPS) is 18.4. The van der Waals surface area contributed by atoms with Gasteiger partial charge < -0.3 is 11.1 Å². The molecule has 0 aromatic carbocycles. The summed E-state index contributed by atoms with van der Waals surface area (Å²) in [5, 5.41) is 3.14. The fraction of sp³-hybridized carbons (Fsp3) is 0.500. The molecule has 100 valence electrons. The molecule has 2 aliphatic rings. The van der Waals surface area contributed by atoms with E-state index in [2.05, 4.69) is 10.3 Å². The van der Waals surface area contributed by atoms with Gasteiger partial charge in [0.15, 0.2) is 0 Å². The number of carbonyl (C=O) groups is 1. The van der Waals surface area contributed by atoms with Gasteiger partial charge in [-0.25, -0.2) is 0 Å². The van der Waals surface area contributed by atoms with Crippen LogP contribution in [0.15, 0.2) is 18.3 Å². The lowest BCUT2D eigenvalue weighted by Crippen LogP contribution is -2.38. The second kappa shape index (κ2) is 4.89. The fourth-order valence-electron chi connectivity index (χ4n) is 2.43. The Morgan fingerprint density at radius 2 is 1.95 bits per heavy atom. The molecule has 1 aromatic heterocycles. The Morgan fingerprint density at radius 3 is 2.37 bits per heavy atom. The van der Waals surface area contributed by atoms with Gasteiger partial charge in [0.05, 0.1) is 0 Å². The number of aromatic nitrogens is 1. The summed E-state index contributed by atoms with van der Waals surface area (Å²) in [6, 6.07) is 3.78. The maximum absolute atomic E-state index is 12.2. The van der Waals surface area contributed by atoms with Gasteiger partial charge in [-0.15, -0.1) is 0 Å². The van der Waals surface area contributed by atoms with Gasteiger partial charge in [-0.3, -0.25) is 9.78 Å². The molecule has 2 fully saturated rings. The average Bonchev–Trinajstić information content (AvgIpc) is 3.29. The number of carbonyl (C=O) groups excluding carboxylic acids is 1. The Morgan fingerprint density at radius 1 is 1.32 bits per heavy atom. The zero-order chi connectivity index (χ0) is 13.4. The summed E-state index contributed by atoms with van der Waals surface area (Å²) in [7, 11) is 0. The molecular weight excluding hydrogens is 258 g/mol. The molecule has 1 aromatic rings. The van der Waals surface area contributed by atoms with Crippen molar-refractivity contribution < 1.29 is 4.79 Å². The Hall–Kier alpha value is -1.49. The van der Waals surface area contributed by atoms with Crippen LogP contribution in [0.2, 0.25) is 0 Å². The van der Waals surface area contributed by atoms with E-state index in [4.69, 9.17) is 18.0 Å². The van der Waals surface area contributed by atoms with Gasteiger partial charge >= 0.3 is 0 Å². The summed E-state index contributed by atoms with van der Waals surface area (Å²) < 4.78 is 0. The molecular formula is C14H17N3OS. The molecule has 5 heteroatoms. The first-order valence-electron chi connectivity index (χ1n) is 6.72. The smallest absolute Gasteiger partial charge is 0.270 e. The molecule has 1 heterocycles. The molecule has 3 rings (SSSR count). The molecule has 19 heavy (non-hydrogen) atoms. The standard InChI is InChI=1S/C14H17N3OS/c15-13(19)10-5-6-11(16-7-10)14(18)17-12(8-1-2-8)9-3-4-9/h5-9,12H,1-4H2,(H2,15,19)(H,17,18). The van der Waals surface area contributed by atoms with Crippen LogP contribution in [0.1, 0.15) is 41.7 Å². The lowest BCUT2D eigenvalue weighted by molar-refractivity contribution is 0.0921. The first kappa shape index (κ1) is 12.5. The van der Waals surface area contributed by atoms with Crippen molar-refractivity contribution in [3.05, 3.63) is 29.6 Å². The van der Waals surface area contributed by atoms with Crippen molar-refractivity contribution in [1.82, 2.24) is 10.3 Å². The Labute approximate surface area is 117 Å². The highest BCUT2D eigenvalue weighted by Gasteiger charge is 2.42. The van der Waals surface area contributed by atoms with E-state index >= 15 is 0 Å². The van der Waals surface area contributed by atoms with Crippen LogP contribution in [0.5, 0.6) is 0 Å². The van der Waals surface area contributed by atoms with Gasteiger partial charge in [-0.2, -0.15) is 0 Å². The minimum atomic E-state index is -0.0849. The second-order valence-electron chi connectivity index (χ2n) is 5.47. The number of nitrogens with two attached hydrogens (primary N) is 1. The van der Waals surface area contributed by atoms with Crippen molar-refractivity contribution in [2.75, 3.05) is 0 Å². The minimum Gasteiger partial charge on any atom is -0.389 e. The van der Waals surface area contributed by atoms with E-state index < -0.39 is 0 Å². The van der Waals surface area contributed by atoms with Crippen LogP contribution in [-0.4, -0.2) is 21.9 Å². The van der Waals surface area contributed by atoms with Crippen LogP contribution >= 0.6 is 12.2 Å². The van der Waals surface area contributed by atoms with Gasteiger partial charge in [0, 0.05) is 17.8 Å². The SMILES string of the molecule is NC(=S)c1ccc(C(=O)NC(C2CC2)C2CC2)nc1. The Kier molecular flexibility index (Phi) is 3.22. The summed E-state index contributed by atoms with van der Waals surface area (Å²) in [4.78, 5) is 16.6. The largest absolute Gasteiger partial charge is 0.389 e. The number of hydrogen-bond donors (Lipinski definition) is 2. The zero-order valence-corrected chi connectivity index (χ0v) is 11.5. The summed E-state index contributed by atoms with van der Waals surface area (Å²) >= 11 is 4.86. The predicted octanol–water partition coefficient (Wildman–Crippen LogP) is 1.63. The van der Waals surface area contributed by atoms with Crippen LogP contribution in [-0.2, 0) is 0 Å². The summed E-state index contributed by atoms with van der Waals surface area (Å²) in [6.45, 7) is 0. The highest BCUT2D eigenvalue weighted by Crippen LogP contribution is 2.44. The maximum Gasteiger partial charge on any atom is 0.270 e. The van der Waals surface area contributed by atoms with E-state index in [0.29, 0.717) is 34.1 Å². The van der Waals surface area contributed by atoms with Crippen molar-refractivity contribution in [3.8, 4) is 0 Å². The van der Waals surface area contributed by atoms with Gasteiger partial charge in [-0.1, -0.05) is 12.2 Å². The van der Waals surface area contributed by atoms with Crippen molar-refractivity contribution in [3.63, 3.8) is 0 Å². The van der Waals surface area contributed by atoms with Crippen LogP contribution in [0.3, 0.4) is 0 Å². The van der Waals surface area contributed by atoms with Crippen molar-refractivity contribution in [2.24, 2.45) is 17.6 Å². The van der Waals surface area contributed by atoms with E-state index in [9.17, 15) is 4.79 Å². The van der Waals surface area contributed by atoms with Crippen molar-refractivity contribution >= 4 is 23.1 Å². The molecule has 3 N–H and O–H groups in total. The third-order valence-corrected chi connectivity index (χ3v) is 4.07. The third kappa shape index (κ3) is 2.92. The fourth-order valence-corrected chi connectivity index (χ4v) is 2.55. The summed E-state index contributed by atoms with van der Waals surface area (Å²) in [5.74, 6) is 1.29. The molecule has 4 nitrogen and oxygen atoms in total. The van der Waals surface area contributed by atoms with E-state index in [0.717, 1.165) is 0 Å². The molecule has 2 aliphatic carbocycles. The highest BCUT2D eigenvalue weighted by molar-refractivity contribution is 7.80. The number of amides is 1. The van der Waals surface area contributed by atoms with Crippen LogP contribution in [0, 0.1) is 11.8 Å². The highest BCUT2D eigenvalue weighted by atomic mass is 32.1.